The number of carbonyl (C=O) groups is 1. The van der Waals surface area contributed by atoms with E-state index in [0.717, 1.165) is 0 Å². The highest BCUT2D eigenvalue weighted by Gasteiger charge is 2.16. The zero-order valence-corrected chi connectivity index (χ0v) is 14.9. The Balaban J connectivity index is 2.30. The van der Waals surface area contributed by atoms with E-state index in [1.807, 2.05) is 6.92 Å². The minimum absolute atomic E-state index is 0.0370. The van der Waals surface area contributed by atoms with Crippen molar-refractivity contribution in [3.8, 4) is 17.2 Å². The molecule has 0 unspecified atom stereocenters. The number of rotatable bonds is 6. The Morgan fingerprint density at radius 2 is 1.88 bits per heavy atom. The van der Waals surface area contributed by atoms with Gasteiger partial charge < -0.3 is 18.9 Å². The highest BCUT2D eigenvalue weighted by Crippen LogP contribution is 2.33. The van der Waals surface area contributed by atoms with E-state index in [9.17, 15) is 9.18 Å². The van der Waals surface area contributed by atoms with Gasteiger partial charge in [-0.05, 0) is 37.6 Å². The van der Waals surface area contributed by atoms with Crippen molar-refractivity contribution in [1.29, 1.82) is 0 Å². The van der Waals surface area contributed by atoms with Gasteiger partial charge in [-0.2, -0.15) is 0 Å². The van der Waals surface area contributed by atoms with E-state index in [-0.39, 0.29) is 23.1 Å². The second kappa shape index (κ2) is 8.58. The lowest BCUT2D eigenvalue weighted by atomic mass is 10.2. The van der Waals surface area contributed by atoms with Crippen molar-refractivity contribution >= 4 is 17.8 Å². The summed E-state index contributed by atoms with van der Waals surface area (Å²) in [4.78, 5) is 11.4. The third kappa shape index (κ3) is 4.76. The van der Waals surface area contributed by atoms with Gasteiger partial charge in [0.1, 0.15) is 29.7 Å². The van der Waals surface area contributed by atoms with E-state index < -0.39 is 12.0 Å². The predicted octanol–water partition coefficient (Wildman–Crippen LogP) is 4.91. The maximum absolute atomic E-state index is 13.7. The molecular weight excluding hydrogens is 351 g/mol. The van der Waals surface area contributed by atoms with Gasteiger partial charge in [-0.25, -0.2) is 9.18 Å². The van der Waals surface area contributed by atoms with Crippen LogP contribution < -0.4 is 14.2 Å². The van der Waals surface area contributed by atoms with Crippen LogP contribution >= 0.6 is 11.6 Å². The van der Waals surface area contributed by atoms with E-state index in [4.69, 9.17) is 25.8 Å². The number of ether oxygens (including phenoxy) is 4. The van der Waals surface area contributed by atoms with E-state index in [1.54, 1.807) is 25.1 Å². The molecule has 0 aliphatic carbocycles. The van der Waals surface area contributed by atoms with Crippen LogP contribution in [0.5, 0.6) is 17.2 Å². The van der Waals surface area contributed by atoms with Crippen LogP contribution in [0.4, 0.5) is 9.18 Å². The quantitative estimate of drug-likeness (QED) is 0.535. The summed E-state index contributed by atoms with van der Waals surface area (Å²) in [6.07, 6.45) is -0.866. The highest BCUT2D eigenvalue weighted by molar-refractivity contribution is 6.32. The molecule has 0 heterocycles. The molecule has 0 aliphatic heterocycles. The average Bonchev–Trinajstić information content (AvgIpc) is 2.58. The normalized spacial score (nSPS) is 10.3. The van der Waals surface area contributed by atoms with Gasteiger partial charge >= 0.3 is 6.16 Å². The van der Waals surface area contributed by atoms with E-state index in [2.05, 4.69) is 4.74 Å². The Morgan fingerprint density at radius 3 is 2.56 bits per heavy atom. The first-order valence-corrected chi connectivity index (χ1v) is 7.93. The molecule has 0 N–H and O–H groups in total. The van der Waals surface area contributed by atoms with Crippen LogP contribution in [0.2, 0.25) is 5.02 Å². The summed E-state index contributed by atoms with van der Waals surface area (Å²) >= 11 is 6.09. The molecule has 0 saturated carbocycles. The lowest BCUT2D eigenvalue weighted by Crippen LogP contribution is -2.11. The summed E-state index contributed by atoms with van der Waals surface area (Å²) in [6, 6.07) is 7.65. The molecule has 0 saturated heterocycles. The number of hydrogen-bond donors (Lipinski definition) is 0. The molecule has 0 spiro atoms. The standard InChI is InChI=1S/C18H18ClFO5/c1-4-23-15-6-5-7-16(25-18(21)22-3)12(15)10-24-17-9-14(20)11(2)8-13(17)19/h5-9H,4,10H2,1-3H3. The molecule has 0 aromatic heterocycles. The first-order chi connectivity index (χ1) is 12.0. The largest absolute Gasteiger partial charge is 0.513 e. The van der Waals surface area contributed by atoms with Gasteiger partial charge in [-0.1, -0.05) is 17.7 Å². The van der Waals surface area contributed by atoms with Gasteiger partial charge in [0.25, 0.3) is 0 Å². The maximum atomic E-state index is 13.7. The average molecular weight is 369 g/mol. The topological polar surface area (TPSA) is 54.0 Å². The van der Waals surface area contributed by atoms with Crippen molar-refractivity contribution in [2.45, 2.75) is 20.5 Å². The fourth-order valence-electron chi connectivity index (χ4n) is 2.09. The number of hydrogen-bond acceptors (Lipinski definition) is 5. The first-order valence-electron chi connectivity index (χ1n) is 7.55. The van der Waals surface area contributed by atoms with Crippen molar-refractivity contribution < 1.29 is 28.1 Å². The van der Waals surface area contributed by atoms with Crippen LogP contribution in [0, 0.1) is 12.7 Å². The number of methoxy groups -OCH3 is 1. The molecule has 0 aliphatic rings. The highest BCUT2D eigenvalue weighted by atomic mass is 35.5. The van der Waals surface area contributed by atoms with Gasteiger partial charge in [-0.15, -0.1) is 0 Å². The van der Waals surface area contributed by atoms with Crippen LogP contribution in [0.1, 0.15) is 18.1 Å². The molecule has 5 nitrogen and oxygen atoms in total. The van der Waals surface area contributed by atoms with Crippen molar-refractivity contribution in [1.82, 2.24) is 0 Å². The second-order valence-corrected chi connectivity index (χ2v) is 5.45. The van der Waals surface area contributed by atoms with E-state index in [1.165, 1.54) is 19.2 Å². The van der Waals surface area contributed by atoms with Crippen LogP contribution in [0.25, 0.3) is 0 Å². The SMILES string of the molecule is CCOc1cccc(OC(=O)OC)c1COc1cc(F)c(C)cc1Cl. The van der Waals surface area contributed by atoms with Gasteiger partial charge in [0.05, 0.1) is 24.3 Å². The Morgan fingerprint density at radius 1 is 1.16 bits per heavy atom. The van der Waals surface area contributed by atoms with Crippen LogP contribution in [-0.4, -0.2) is 19.9 Å². The van der Waals surface area contributed by atoms with Crippen molar-refractivity contribution in [2.75, 3.05) is 13.7 Å². The molecule has 2 rings (SSSR count). The Bertz CT molecular complexity index is 763. The lowest BCUT2D eigenvalue weighted by molar-refractivity contribution is 0.120. The molecule has 7 heteroatoms. The van der Waals surface area contributed by atoms with Crippen molar-refractivity contribution in [2.24, 2.45) is 0 Å². The molecule has 0 bridgehead atoms. The third-order valence-corrected chi connectivity index (χ3v) is 3.63. The molecule has 2 aromatic rings. The van der Waals surface area contributed by atoms with Crippen LogP contribution in [0.3, 0.4) is 0 Å². The Hall–Kier alpha value is -2.47. The molecule has 2 aromatic carbocycles. The van der Waals surface area contributed by atoms with Gasteiger partial charge in [0.2, 0.25) is 0 Å². The summed E-state index contributed by atoms with van der Waals surface area (Å²) in [6.45, 7) is 3.81. The number of carbonyl (C=O) groups excluding carboxylic acids is 1. The number of halogens is 2. The molecular formula is C18H18ClFO5. The Kier molecular flexibility index (Phi) is 6.47. The van der Waals surface area contributed by atoms with Crippen molar-refractivity contribution in [3.05, 3.63) is 52.3 Å². The van der Waals surface area contributed by atoms with Crippen LogP contribution in [0.15, 0.2) is 30.3 Å². The minimum atomic E-state index is -0.866. The lowest BCUT2D eigenvalue weighted by Gasteiger charge is -2.16. The smallest absolute Gasteiger partial charge is 0.493 e. The van der Waals surface area contributed by atoms with E-state index in [0.29, 0.717) is 23.5 Å². The minimum Gasteiger partial charge on any atom is -0.493 e. The fraction of sp³-hybridized carbons (Fsp3) is 0.278. The fourth-order valence-corrected chi connectivity index (χ4v) is 2.37. The second-order valence-electron chi connectivity index (χ2n) is 5.04. The predicted molar refractivity (Wildman–Crippen MR) is 91.1 cm³/mol. The summed E-state index contributed by atoms with van der Waals surface area (Å²) < 4.78 is 34.5. The van der Waals surface area contributed by atoms with Gasteiger partial charge in [0, 0.05) is 6.07 Å². The molecule has 0 fully saturated rings. The summed E-state index contributed by atoms with van der Waals surface area (Å²) in [7, 11) is 1.21. The molecule has 0 radical (unpaired) electrons. The van der Waals surface area contributed by atoms with Crippen LogP contribution in [-0.2, 0) is 11.3 Å². The Labute approximate surface area is 150 Å². The zero-order valence-electron chi connectivity index (χ0n) is 14.1. The monoisotopic (exact) mass is 368 g/mol. The molecule has 0 amide bonds. The van der Waals surface area contributed by atoms with Crippen molar-refractivity contribution in [3.63, 3.8) is 0 Å². The van der Waals surface area contributed by atoms with Gasteiger partial charge in [0.15, 0.2) is 0 Å². The molecule has 25 heavy (non-hydrogen) atoms. The zero-order chi connectivity index (χ0) is 18.4. The molecule has 134 valence electrons. The number of benzene rings is 2. The van der Waals surface area contributed by atoms with Gasteiger partial charge in [-0.3, -0.25) is 0 Å². The summed E-state index contributed by atoms with van der Waals surface area (Å²) in [5, 5.41) is 0.281. The third-order valence-electron chi connectivity index (χ3n) is 3.34. The first kappa shape index (κ1) is 18.9. The summed E-state index contributed by atoms with van der Waals surface area (Å²) in [5.74, 6) is 0.456. The van der Waals surface area contributed by atoms with E-state index >= 15 is 0 Å². The summed E-state index contributed by atoms with van der Waals surface area (Å²) in [5.41, 5.74) is 0.897. The molecule has 0 atom stereocenters. The number of aryl methyl sites for hydroxylation is 1. The maximum Gasteiger partial charge on any atom is 0.513 e.